The van der Waals surface area contributed by atoms with E-state index in [0.29, 0.717) is 27.7 Å². The number of fused-ring (bicyclic) bond motifs is 2. The van der Waals surface area contributed by atoms with E-state index in [4.69, 9.17) is 8.83 Å². The van der Waals surface area contributed by atoms with E-state index in [2.05, 4.69) is 35.9 Å². The number of aromatic amines is 1. The molecule has 0 spiro atoms. The summed E-state index contributed by atoms with van der Waals surface area (Å²) in [5.74, 6) is -1.66. The number of halogens is 3. The summed E-state index contributed by atoms with van der Waals surface area (Å²) in [6, 6.07) is 4.47. The Labute approximate surface area is 194 Å². The second-order valence-electron chi connectivity index (χ2n) is 8.15. The van der Waals surface area contributed by atoms with Crippen LogP contribution in [0.1, 0.15) is 65.7 Å². The first-order valence-electron chi connectivity index (χ1n) is 10.0. The number of amides is 1. The van der Waals surface area contributed by atoms with Crippen molar-refractivity contribution in [3.8, 4) is 0 Å². The molecule has 0 unspecified atom stereocenters. The summed E-state index contributed by atoms with van der Waals surface area (Å²) in [6.45, 7) is 2.83. The smallest absolute Gasteiger partial charge is 0.292 e. The summed E-state index contributed by atoms with van der Waals surface area (Å²) in [5.41, 5.74) is -0.145. The molecule has 4 aromatic rings. The van der Waals surface area contributed by atoms with Crippen LogP contribution in [0.5, 0.6) is 0 Å². The Morgan fingerprint density at radius 1 is 1.33 bits per heavy atom. The fraction of sp³-hybridized carbons (Fsp3) is 0.333. The number of oxazole rings is 2. The number of hydrogen-bond donors (Lipinski definition) is 2. The molecule has 1 aliphatic heterocycles. The maximum absolute atomic E-state index is 13.7. The maximum Gasteiger partial charge on any atom is 0.292 e. The lowest BCUT2D eigenvalue weighted by atomic mass is 10.0. The first-order chi connectivity index (χ1) is 15.6. The second-order valence-corrected chi connectivity index (χ2v) is 9.01. The van der Waals surface area contributed by atoms with Gasteiger partial charge in [0, 0.05) is 18.7 Å². The van der Waals surface area contributed by atoms with E-state index in [9.17, 15) is 18.7 Å². The fourth-order valence-corrected chi connectivity index (χ4v) is 4.26. The molecule has 5 rings (SSSR count). The van der Waals surface area contributed by atoms with Crippen LogP contribution in [0.2, 0.25) is 0 Å². The molecule has 0 saturated carbocycles. The summed E-state index contributed by atoms with van der Waals surface area (Å²) >= 11 is 3.42. The van der Waals surface area contributed by atoms with Crippen molar-refractivity contribution in [2.45, 2.75) is 38.3 Å². The summed E-state index contributed by atoms with van der Waals surface area (Å²) in [6.07, 6.45) is -1.17. The van der Waals surface area contributed by atoms with Gasteiger partial charge in [-0.15, -0.1) is 0 Å². The van der Waals surface area contributed by atoms with Crippen molar-refractivity contribution >= 4 is 32.9 Å². The molecule has 0 radical (unpaired) electrons. The lowest BCUT2D eigenvalue weighted by molar-refractivity contribution is 0.0436. The Morgan fingerprint density at radius 3 is 2.82 bits per heavy atom. The number of nitrogens with one attached hydrogen (secondary N) is 1. The number of aliphatic hydroxyl groups is 1. The Kier molecular flexibility index (Phi) is 5.09. The van der Waals surface area contributed by atoms with Crippen molar-refractivity contribution in [1.29, 1.82) is 0 Å². The minimum atomic E-state index is -3.08. The molecule has 1 amide bonds. The van der Waals surface area contributed by atoms with E-state index in [1.54, 1.807) is 18.2 Å². The number of carbonyl (C=O) groups is 1. The molecule has 1 atom stereocenters. The van der Waals surface area contributed by atoms with Gasteiger partial charge in [0.15, 0.2) is 17.3 Å². The van der Waals surface area contributed by atoms with E-state index in [1.807, 2.05) is 0 Å². The average molecular weight is 522 g/mol. The minimum Gasteiger partial charge on any atom is -0.437 e. The fourth-order valence-electron chi connectivity index (χ4n) is 3.82. The van der Waals surface area contributed by atoms with Crippen LogP contribution in [0.15, 0.2) is 37.8 Å². The number of para-hydroxylation sites is 1. The number of alkyl halides is 2. The monoisotopic (exact) mass is 521 g/mol. The van der Waals surface area contributed by atoms with Crippen molar-refractivity contribution < 1.29 is 27.5 Å². The number of benzene rings is 1. The summed E-state index contributed by atoms with van der Waals surface area (Å²) < 4.78 is 39.5. The molecule has 172 valence electrons. The van der Waals surface area contributed by atoms with Gasteiger partial charge in [-0.2, -0.15) is 0 Å². The number of carbonyl (C=O) groups excluding carboxylic acids is 1. The Bertz CT molecular complexity index is 1360. The van der Waals surface area contributed by atoms with E-state index in [1.165, 1.54) is 25.1 Å². The van der Waals surface area contributed by atoms with Crippen molar-refractivity contribution in [1.82, 2.24) is 24.8 Å². The van der Waals surface area contributed by atoms with Crippen LogP contribution in [0, 0.1) is 0 Å². The van der Waals surface area contributed by atoms with Crippen molar-refractivity contribution in [2.24, 2.45) is 0 Å². The van der Waals surface area contributed by atoms with Gasteiger partial charge in [0.1, 0.15) is 11.1 Å². The predicted molar refractivity (Wildman–Crippen MR) is 114 cm³/mol. The quantitative estimate of drug-likeness (QED) is 0.411. The third-order valence-electron chi connectivity index (χ3n) is 5.38. The third-order valence-corrected chi connectivity index (χ3v) is 6.01. The van der Waals surface area contributed by atoms with Gasteiger partial charge in [-0.25, -0.2) is 23.7 Å². The van der Waals surface area contributed by atoms with Gasteiger partial charge in [-0.05, 0) is 41.9 Å². The molecule has 0 saturated heterocycles. The molecular weight excluding hydrogens is 504 g/mol. The lowest BCUT2D eigenvalue weighted by Crippen LogP contribution is -2.41. The molecule has 12 heteroatoms. The molecule has 2 N–H and O–H groups in total. The third kappa shape index (κ3) is 3.62. The molecular formula is C21H18BrF2N5O4. The van der Waals surface area contributed by atoms with Crippen LogP contribution < -0.4 is 0 Å². The molecule has 9 nitrogen and oxygen atoms in total. The first kappa shape index (κ1) is 21.7. The average Bonchev–Trinajstić information content (AvgIpc) is 3.49. The van der Waals surface area contributed by atoms with Crippen LogP contribution >= 0.6 is 15.9 Å². The lowest BCUT2D eigenvalue weighted by Gasteiger charge is -2.32. The van der Waals surface area contributed by atoms with Gasteiger partial charge in [-0.1, -0.05) is 6.07 Å². The van der Waals surface area contributed by atoms with Crippen molar-refractivity contribution in [3.63, 3.8) is 0 Å². The van der Waals surface area contributed by atoms with E-state index >= 15 is 0 Å². The normalized spacial score (nSPS) is 16.6. The highest BCUT2D eigenvalue weighted by Gasteiger charge is 2.41. The van der Waals surface area contributed by atoms with Crippen molar-refractivity contribution in [2.75, 3.05) is 6.54 Å². The highest BCUT2D eigenvalue weighted by atomic mass is 79.9. The van der Waals surface area contributed by atoms with E-state index < -0.39 is 35.4 Å². The maximum atomic E-state index is 13.7. The molecule has 0 bridgehead atoms. The van der Waals surface area contributed by atoms with Gasteiger partial charge in [0.25, 0.3) is 12.3 Å². The molecule has 0 fully saturated rings. The van der Waals surface area contributed by atoms with E-state index in [0.717, 1.165) is 5.69 Å². The Morgan fingerprint density at radius 2 is 2.12 bits per heavy atom. The molecule has 0 aliphatic carbocycles. The zero-order valence-corrected chi connectivity index (χ0v) is 19.1. The molecule has 4 heterocycles. The minimum absolute atomic E-state index is 0.166. The number of aromatic nitrogens is 4. The van der Waals surface area contributed by atoms with Crippen LogP contribution in [0.3, 0.4) is 0 Å². The largest absolute Gasteiger partial charge is 0.437 e. The number of nitrogens with zero attached hydrogens (tertiary/aromatic N) is 4. The van der Waals surface area contributed by atoms with Crippen LogP contribution in [0.25, 0.3) is 11.1 Å². The van der Waals surface area contributed by atoms with Gasteiger partial charge in [-0.3, -0.25) is 4.79 Å². The predicted octanol–water partition coefficient (Wildman–Crippen LogP) is 4.25. The zero-order chi connectivity index (χ0) is 23.5. The van der Waals surface area contributed by atoms with Crippen LogP contribution in [0.4, 0.5) is 8.78 Å². The highest BCUT2D eigenvalue weighted by molar-refractivity contribution is 9.10. The highest BCUT2D eigenvalue weighted by Crippen LogP contribution is 2.38. The summed E-state index contributed by atoms with van der Waals surface area (Å²) in [7, 11) is 0. The summed E-state index contributed by atoms with van der Waals surface area (Å²) in [5, 5.41) is 10.2. The van der Waals surface area contributed by atoms with Crippen LogP contribution in [-0.2, 0) is 12.0 Å². The number of rotatable bonds is 4. The molecule has 1 aliphatic rings. The molecule has 33 heavy (non-hydrogen) atoms. The number of hydrogen-bond acceptors (Lipinski definition) is 7. The second kappa shape index (κ2) is 7.73. The van der Waals surface area contributed by atoms with Gasteiger partial charge in [0.2, 0.25) is 17.5 Å². The first-order valence-corrected chi connectivity index (χ1v) is 10.8. The molecule has 1 aromatic carbocycles. The Balaban J connectivity index is 1.63. The van der Waals surface area contributed by atoms with Gasteiger partial charge >= 0.3 is 0 Å². The van der Waals surface area contributed by atoms with Crippen LogP contribution in [-0.4, -0.2) is 42.4 Å². The number of H-pyrrole nitrogens is 1. The topological polar surface area (TPSA) is 121 Å². The SMILES string of the molecule is CC(C)(O)c1nc(C(F)F)c(C(=O)N2CCc3[nH]cnc3[C@H]2c2nc3cccc(Br)c3o2)o1. The van der Waals surface area contributed by atoms with Crippen molar-refractivity contribution in [3.05, 3.63) is 63.6 Å². The van der Waals surface area contributed by atoms with Gasteiger partial charge < -0.3 is 23.8 Å². The number of imidazole rings is 1. The van der Waals surface area contributed by atoms with E-state index in [-0.39, 0.29) is 18.3 Å². The Hall–Kier alpha value is -3.12. The summed E-state index contributed by atoms with van der Waals surface area (Å²) in [4.78, 5) is 30.4. The standard InChI is InChI=1S/C21H18BrF2N5O4/c1-21(2,31)20-28-13(17(23)24)16(33-20)19(30)29-7-6-10-12(26-8-25-10)14(29)18-27-11-5-3-4-9(22)15(11)32-18/h3-5,8,14,17,31H,6-7H2,1-2H3,(H,25,26)/t14-/m0/s1. The van der Waals surface area contributed by atoms with Gasteiger partial charge in [0.05, 0.1) is 16.5 Å². The molecule has 3 aromatic heterocycles. The zero-order valence-electron chi connectivity index (χ0n) is 17.5.